The van der Waals surface area contributed by atoms with Crippen LogP contribution in [0.3, 0.4) is 0 Å². The maximum Gasteiger partial charge on any atom is 0.261 e. The molecule has 3 aromatic carbocycles. The summed E-state index contributed by atoms with van der Waals surface area (Å²) in [6.45, 7) is 6.33. The van der Waals surface area contributed by atoms with Crippen LogP contribution in [0.5, 0.6) is 5.75 Å². The van der Waals surface area contributed by atoms with Gasteiger partial charge in [-0.1, -0.05) is 85.5 Å². The molecule has 5 heteroatoms. The van der Waals surface area contributed by atoms with Crippen LogP contribution >= 0.6 is 0 Å². The fraction of sp³-hybridized carbons (Fsp3) is 0.394. The van der Waals surface area contributed by atoms with Crippen LogP contribution in [-0.4, -0.2) is 35.4 Å². The molecule has 38 heavy (non-hydrogen) atoms. The van der Waals surface area contributed by atoms with E-state index in [1.807, 2.05) is 93.6 Å². The van der Waals surface area contributed by atoms with Gasteiger partial charge in [-0.3, -0.25) is 9.59 Å². The van der Waals surface area contributed by atoms with E-state index in [1.54, 1.807) is 4.90 Å². The van der Waals surface area contributed by atoms with E-state index in [1.165, 1.54) is 12.0 Å². The predicted octanol–water partition coefficient (Wildman–Crippen LogP) is 6.08. The predicted molar refractivity (Wildman–Crippen MR) is 152 cm³/mol. The number of amides is 2. The Morgan fingerprint density at radius 3 is 2.26 bits per heavy atom. The Kier molecular flexibility index (Phi) is 9.58. The maximum absolute atomic E-state index is 13.8. The van der Waals surface area contributed by atoms with Crippen molar-refractivity contribution in [2.24, 2.45) is 0 Å². The highest BCUT2D eigenvalue weighted by Gasteiger charge is 2.32. The number of aryl methyl sites for hydroxylation is 3. The molecule has 1 N–H and O–H groups in total. The molecule has 0 spiro atoms. The Balaban J connectivity index is 1.60. The molecule has 0 heterocycles. The van der Waals surface area contributed by atoms with Crippen molar-refractivity contribution >= 4 is 11.8 Å². The smallest absolute Gasteiger partial charge is 0.261 e. The molecule has 1 atom stereocenters. The molecule has 0 saturated heterocycles. The number of benzene rings is 3. The normalized spacial score (nSPS) is 14.5. The lowest BCUT2D eigenvalue weighted by atomic mass is 9.94. The molecule has 0 aromatic heterocycles. The Morgan fingerprint density at radius 2 is 1.58 bits per heavy atom. The molecular formula is C33H40N2O3. The van der Waals surface area contributed by atoms with Crippen LogP contribution in [0, 0.1) is 20.8 Å². The first-order chi connectivity index (χ1) is 18.4. The third-order valence-corrected chi connectivity index (χ3v) is 7.54. The molecule has 0 radical (unpaired) electrons. The monoisotopic (exact) mass is 512 g/mol. The molecule has 4 rings (SSSR count). The molecule has 5 nitrogen and oxygen atoms in total. The first-order valence-electron chi connectivity index (χ1n) is 13.8. The second kappa shape index (κ2) is 13.3. The minimum Gasteiger partial charge on any atom is -0.484 e. The largest absolute Gasteiger partial charge is 0.484 e. The SMILES string of the molecule is Cc1ccc(CN(C(=O)COc2ccc(C)c(C)c2)C(Cc2ccccc2)C(=O)NC2CCCCC2)cc1. The summed E-state index contributed by atoms with van der Waals surface area (Å²) in [7, 11) is 0. The summed E-state index contributed by atoms with van der Waals surface area (Å²) in [6.07, 6.45) is 5.90. The van der Waals surface area contributed by atoms with E-state index in [0.717, 1.165) is 47.9 Å². The van der Waals surface area contributed by atoms with E-state index in [2.05, 4.69) is 5.32 Å². The van der Waals surface area contributed by atoms with Crippen molar-refractivity contribution in [2.45, 2.75) is 77.9 Å². The number of nitrogens with zero attached hydrogens (tertiary/aromatic N) is 1. The van der Waals surface area contributed by atoms with Crippen LogP contribution in [0.2, 0.25) is 0 Å². The van der Waals surface area contributed by atoms with Crippen LogP contribution in [0.25, 0.3) is 0 Å². The topological polar surface area (TPSA) is 58.6 Å². The summed E-state index contributed by atoms with van der Waals surface area (Å²) in [5.74, 6) is 0.360. The lowest BCUT2D eigenvalue weighted by Gasteiger charge is -2.33. The van der Waals surface area contributed by atoms with E-state index in [9.17, 15) is 9.59 Å². The minimum atomic E-state index is -0.642. The van der Waals surface area contributed by atoms with Gasteiger partial charge in [-0.15, -0.1) is 0 Å². The number of carbonyl (C=O) groups excluding carboxylic acids is 2. The maximum atomic E-state index is 13.8. The molecule has 1 aliphatic rings. The van der Waals surface area contributed by atoms with Gasteiger partial charge in [0.2, 0.25) is 5.91 Å². The van der Waals surface area contributed by atoms with E-state index >= 15 is 0 Å². The summed E-state index contributed by atoms with van der Waals surface area (Å²) in [5, 5.41) is 3.28. The lowest BCUT2D eigenvalue weighted by molar-refractivity contribution is -0.143. The molecule has 1 aliphatic carbocycles. The molecule has 3 aromatic rings. The molecule has 200 valence electrons. The highest BCUT2D eigenvalue weighted by Crippen LogP contribution is 2.21. The van der Waals surface area contributed by atoms with Gasteiger partial charge in [-0.25, -0.2) is 0 Å². The van der Waals surface area contributed by atoms with Gasteiger partial charge in [0.1, 0.15) is 11.8 Å². The zero-order valence-electron chi connectivity index (χ0n) is 22.9. The number of hydrogen-bond acceptors (Lipinski definition) is 3. The molecule has 1 saturated carbocycles. The summed E-state index contributed by atoms with van der Waals surface area (Å²) in [6, 6.07) is 23.4. The Labute approximate surface area is 227 Å². The van der Waals surface area contributed by atoms with Gasteiger partial charge in [0, 0.05) is 19.0 Å². The van der Waals surface area contributed by atoms with E-state index < -0.39 is 6.04 Å². The molecular weight excluding hydrogens is 472 g/mol. The van der Waals surface area contributed by atoms with Crippen LogP contribution in [-0.2, 0) is 22.6 Å². The van der Waals surface area contributed by atoms with Gasteiger partial charge in [0.15, 0.2) is 6.61 Å². The highest BCUT2D eigenvalue weighted by molar-refractivity contribution is 5.88. The van der Waals surface area contributed by atoms with Crippen molar-refractivity contribution < 1.29 is 14.3 Å². The molecule has 2 amide bonds. The van der Waals surface area contributed by atoms with Crippen molar-refractivity contribution in [1.29, 1.82) is 0 Å². The third kappa shape index (κ3) is 7.70. The highest BCUT2D eigenvalue weighted by atomic mass is 16.5. The number of ether oxygens (including phenoxy) is 1. The Morgan fingerprint density at radius 1 is 0.868 bits per heavy atom. The van der Waals surface area contributed by atoms with Crippen LogP contribution < -0.4 is 10.1 Å². The van der Waals surface area contributed by atoms with Crippen LogP contribution in [0.1, 0.15) is 59.9 Å². The first kappa shape index (κ1) is 27.4. The van der Waals surface area contributed by atoms with E-state index in [-0.39, 0.29) is 24.5 Å². The summed E-state index contributed by atoms with van der Waals surface area (Å²) < 4.78 is 5.95. The molecule has 0 bridgehead atoms. The average Bonchev–Trinajstić information content (AvgIpc) is 2.93. The van der Waals surface area contributed by atoms with Crippen molar-refractivity contribution in [3.05, 3.63) is 101 Å². The van der Waals surface area contributed by atoms with Gasteiger partial charge in [0.05, 0.1) is 0 Å². The quantitative estimate of drug-likeness (QED) is 0.358. The molecule has 1 fully saturated rings. The number of nitrogens with one attached hydrogen (secondary N) is 1. The van der Waals surface area contributed by atoms with E-state index in [4.69, 9.17) is 4.74 Å². The second-order valence-corrected chi connectivity index (χ2v) is 10.6. The average molecular weight is 513 g/mol. The van der Waals surface area contributed by atoms with Gasteiger partial charge in [0.25, 0.3) is 5.91 Å². The van der Waals surface area contributed by atoms with Gasteiger partial charge in [-0.2, -0.15) is 0 Å². The standard InChI is InChI=1S/C33H40N2O3/c1-24-14-17-28(18-15-24)22-35(32(36)23-38-30-19-16-25(2)26(3)20-30)31(21-27-10-6-4-7-11-27)33(37)34-29-12-8-5-9-13-29/h4,6-7,10-11,14-20,29,31H,5,8-9,12-13,21-23H2,1-3H3,(H,34,37). The van der Waals surface area contributed by atoms with Crippen molar-refractivity contribution in [2.75, 3.05) is 6.61 Å². The van der Waals surface area contributed by atoms with Crippen molar-refractivity contribution in [3.8, 4) is 5.75 Å². The fourth-order valence-corrected chi connectivity index (χ4v) is 5.02. The van der Waals surface area contributed by atoms with Gasteiger partial charge in [-0.05, 0) is 68.0 Å². The molecule has 0 aliphatic heterocycles. The van der Waals surface area contributed by atoms with E-state index in [0.29, 0.717) is 18.7 Å². The lowest BCUT2D eigenvalue weighted by Crippen LogP contribution is -2.53. The Hall–Kier alpha value is -3.60. The second-order valence-electron chi connectivity index (χ2n) is 10.6. The zero-order valence-corrected chi connectivity index (χ0v) is 22.9. The first-order valence-corrected chi connectivity index (χ1v) is 13.8. The number of carbonyl (C=O) groups is 2. The van der Waals surface area contributed by atoms with Gasteiger partial charge >= 0.3 is 0 Å². The van der Waals surface area contributed by atoms with Crippen LogP contribution in [0.4, 0.5) is 0 Å². The third-order valence-electron chi connectivity index (χ3n) is 7.54. The van der Waals surface area contributed by atoms with Crippen molar-refractivity contribution in [1.82, 2.24) is 10.2 Å². The Bertz CT molecular complexity index is 1200. The minimum absolute atomic E-state index is 0.0904. The number of rotatable bonds is 10. The summed E-state index contributed by atoms with van der Waals surface area (Å²) >= 11 is 0. The van der Waals surface area contributed by atoms with Crippen molar-refractivity contribution in [3.63, 3.8) is 0 Å². The van der Waals surface area contributed by atoms with Gasteiger partial charge < -0.3 is 15.0 Å². The van der Waals surface area contributed by atoms with Crippen LogP contribution in [0.15, 0.2) is 72.8 Å². The summed E-state index contributed by atoms with van der Waals surface area (Å²) in [4.78, 5) is 29.3. The molecule has 1 unspecified atom stereocenters. The zero-order chi connectivity index (χ0) is 26.9. The fourth-order valence-electron chi connectivity index (χ4n) is 5.02. The summed E-state index contributed by atoms with van der Waals surface area (Å²) in [5.41, 5.74) is 5.44. The number of hydrogen-bond donors (Lipinski definition) is 1.